The minimum atomic E-state index is -0.228. The van der Waals surface area contributed by atoms with Crippen LogP contribution in [0.2, 0.25) is 10.0 Å². The van der Waals surface area contributed by atoms with Gasteiger partial charge in [0, 0.05) is 0 Å². The molecule has 1 aromatic carbocycles. The molecule has 4 atom stereocenters. The number of hydrogen-bond acceptors (Lipinski definition) is 3. The van der Waals surface area contributed by atoms with E-state index in [0.29, 0.717) is 15.6 Å². The molecular weight excluding hydrogens is 323 g/mol. The van der Waals surface area contributed by atoms with Gasteiger partial charge in [-0.05, 0) is 36.0 Å². The van der Waals surface area contributed by atoms with Crippen LogP contribution in [0.25, 0.3) is 0 Å². The Bertz CT molecular complexity index is 714. The first-order chi connectivity index (χ1) is 10.6. The van der Waals surface area contributed by atoms with Crippen LogP contribution in [-0.2, 0) is 9.59 Å². The van der Waals surface area contributed by atoms with Crippen molar-refractivity contribution in [2.75, 3.05) is 0 Å². The van der Waals surface area contributed by atoms with Gasteiger partial charge in [0.1, 0.15) is 0 Å². The van der Waals surface area contributed by atoms with Gasteiger partial charge in [0.25, 0.3) is 11.8 Å². The van der Waals surface area contributed by atoms with Gasteiger partial charge in [-0.3, -0.25) is 9.59 Å². The number of rotatable bonds is 2. The molecule has 2 aliphatic carbocycles. The molecule has 1 aliphatic heterocycles. The highest BCUT2D eigenvalue weighted by Crippen LogP contribution is 2.52. The molecule has 1 saturated carbocycles. The highest BCUT2D eigenvalue weighted by molar-refractivity contribution is 6.42. The third-order valence-electron chi connectivity index (χ3n) is 4.71. The van der Waals surface area contributed by atoms with Gasteiger partial charge in [0.2, 0.25) is 0 Å². The standard InChI is InChI=1S/C16H12Cl2N2O2/c17-11-4-1-8(5-12(11)18)7-19-20-15(21)13-9-2-3-10(6-9)14(13)16(20)22/h1-5,7,9-10,13-14H,6H2/t9-,10-,13-,14+/m0/s1. The second-order valence-electron chi connectivity index (χ2n) is 5.91. The van der Waals surface area contributed by atoms with E-state index >= 15 is 0 Å². The maximum absolute atomic E-state index is 12.4. The SMILES string of the molecule is O=C1[C@@H]2[C@H](C(=O)N1N=Cc1ccc(Cl)c(Cl)c1)[C@H]1C=C[C@H]2C1. The van der Waals surface area contributed by atoms with Crippen LogP contribution < -0.4 is 0 Å². The molecular formula is C16H12Cl2N2O2. The zero-order chi connectivity index (χ0) is 15.4. The van der Waals surface area contributed by atoms with Crippen molar-refractivity contribution >= 4 is 41.2 Å². The molecule has 0 spiro atoms. The van der Waals surface area contributed by atoms with E-state index < -0.39 is 0 Å². The summed E-state index contributed by atoms with van der Waals surface area (Å²) in [4.78, 5) is 24.9. The molecule has 2 fully saturated rings. The number of carbonyl (C=O) groups excluding carboxylic acids is 2. The summed E-state index contributed by atoms with van der Waals surface area (Å²) in [6, 6.07) is 5.02. The highest BCUT2D eigenvalue weighted by Gasteiger charge is 2.59. The molecule has 0 aromatic heterocycles. The molecule has 2 bridgehead atoms. The van der Waals surface area contributed by atoms with E-state index in [4.69, 9.17) is 23.2 Å². The summed E-state index contributed by atoms with van der Waals surface area (Å²) in [5.41, 5.74) is 0.688. The number of amides is 2. The third kappa shape index (κ3) is 1.94. The van der Waals surface area contributed by atoms with Crippen LogP contribution in [0, 0.1) is 23.7 Å². The van der Waals surface area contributed by atoms with Crippen LogP contribution in [0.1, 0.15) is 12.0 Å². The van der Waals surface area contributed by atoms with Crippen LogP contribution in [0.3, 0.4) is 0 Å². The van der Waals surface area contributed by atoms with Gasteiger partial charge in [-0.2, -0.15) is 10.1 Å². The minimum Gasteiger partial charge on any atom is -0.272 e. The van der Waals surface area contributed by atoms with Gasteiger partial charge in [-0.1, -0.05) is 41.4 Å². The second kappa shape index (κ2) is 4.93. The zero-order valence-electron chi connectivity index (χ0n) is 11.4. The number of carbonyl (C=O) groups is 2. The number of halogens is 2. The molecule has 112 valence electrons. The Morgan fingerprint density at radius 3 is 2.27 bits per heavy atom. The summed E-state index contributed by atoms with van der Waals surface area (Å²) in [6.07, 6.45) is 6.50. The Labute approximate surface area is 137 Å². The monoisotopic (exact) mass is 334 g/mol. The van der Waals surface area contributed by atoms with Gasteiger partial charge in [0.05, 0.1) is 28.1 Å². The van der Waals surface area contributed by atoms with Gasteiger partial charge < -0.3 is 0 Å². The molecule has 1 saturated heterocycles. The summed E-state index contributed by atoms with van der Waals surface area (Å²) >= 11 is 11.8. The number of allylic oxidation sites excluding steroid dienone is 2. The number of benzene rings is 1. The number of nitrogens with zero attached hydrogens (tertiary/aromatic N) is 2. The van der Waals surface area contributed by atoms with E-state index in [-0.39, 0.29) is 35.5 Å². The normalized spacial score (nSPS) is 32.5. The second-order valence-corrected chi connectivity index (χ2v) is 6.72. The van der Waals surface area contributed by atoms with Crippen molar-refractivity contribution in [1.29, 1.82) is 0 Å². The molecule has 1 aromatic rings. The van der Waals surface area contributed by atoms with Gasteiger partial charge >= 0.3 is 0 Å². The number of hydrazone groups is 1. The van der Waals surface area contributed by atoms with Crippen molar-refractivity contribution in [2.45, 2.75) is 6.42 Å². The molecule has 22 heavy (non-hydrogen) atoms. The van der Waals surface area contributed by atoms with Crippen LogP contribution in [-0.4, -0.2) is 23.0 Å². The smallest absolute Gasteiger partial charge is 0.254 e. The highest BCUT2D eigenvalue weighted by atomic mass is 35.5. The van der Waals surface area contributed by atoms with Gasteiger partial charge in [-0.25, -0.2) is 0 Å². The lowest BCUT2D eigenvalue weighted by Crippen LogP contribution is -2.28. The molecule has 6 heteroatoms. The lowest BCUT2D eigenvalue weighted by atomic mass is 9.85. The Balaban J connectivity index is 1.59. The average molecular weight is 335 g/mol. The summed E-state index contributed by atoms with van der Waals surface area (Å²) in [5, 5.41) is 5.96. The van der Waals surface area contributed by atoms with Crippen LogP contribution in [0.5, 0.6) is 0 Å². The fraction of sp³-hybridized carbons (Fsp3) is 0.312. The lowest BCUT2D eigenvalue weighted by Gasteiger charge is -2.13. The zero-order valence-corrected chi connectivity index (χ0v) is 13.0. The van der Waals surface area contributed by atoms with Crippen molar-refractivity contribution in [3.8, 4) is 0 Å². The first kappa shape index (κ1) is 14.0. The van der Waals surface area contributed by atoms with Gasteiger partial charge in [-0.15, -0.1) is 0 Å². The molecule has 3 aliphatic rings. The molecule has 4 rings (SSSR count). The molecule has 1 heterocycles. The van der Waals surface area contributed by atoms with Gasteiger partial charge in [0.15, 0.2) is 0 Å². The fourth-order valence-electron chi connectivity index (χ4n) is 3.72. The summed E-state index contributed by atoms with van der Waals surface area (Å²) in [7, 11) is 0. The third-order valence-corrected chi connectivity index (χ3v) is 5.45. The van der Waals surface area contributed by atoms with E-state index in [9.17, 15) is 9.59 Å². The first-order valence-electron chi connectivity index (χ1n) is 7.11. The molecule has 0 radical (unpaired) electrons. The maximum Gasteiger partial charge on any atom is 0.254 e. The van der Waals surface area contributed by atoms with Crippen molar-refractivity contribution in [2.24, 2.45) is 28.8 Å². The van der Waals surface area contributed by atoms with Crippen LogP contribution in [0.4, 0.5) is 0 Å². The van der Waals surface area contributed by atoms with Crippen molar-refractivity contribution in [3.05, 3.63) is 46.0 Å². The Morgan fingerprint density at radius 2 is 1.68 bits per heavy atom. The summed E-state index contributed by atoms with van der Waals surface area (Å²) < 4.78 is 0. The molecule has 0 N–H and O–H groups in total. The van der Waals surface area contributed by atoms with Crippen molar-refractivity contribution in [1.82, 2.24) is 5.01 Å². The Hall–Kier alpha value is -1.65. The van der Waals surface area contributed by atoms with Crippen molar-refractivity contribution in [3.63, 3.8) is 0 Å². The first-order valence-corrected chi connectivity index (χ1v) is 7.87. The Morgan fingerprint density at radius 1 is 1.05 bits per heavy atom. The van der Waals surface area contributed by atoms with E-state index in [1.54, 1.807) is 18.2 Å². The predicted molar refractivity (Wildman–Crippen MR) is 83.6 cm³/mol. The Kier molecular flexibility index (Phi) is 3.13. The van der Waals surface area contributed by atoms with E-state index in [1.165, 1.54) is 6.21 Å². The predicted octanol–water partition coefficient (Wildman–Crippen LogP) is 3.13. The van der Waals surface area contributed by atoms with E-state index in [1.807, 2.05) is 0 Å². The summed E-state index contributed by atoms with van der Waals surface area (Å²) in [5.74, 6) is -0.457. The number of hydrogen-bond donors (Lipinski definition) is 0. The maximum atomic E-state index is 12.4. The topological polar surface area (TPSA) is 49.7 Å². The van der Waals surface area contributed by atoms with E-state index in [2.05, 4.69) is 17.3 Å². The quantitative estimate of drug-likeness (QED) is 0.474. The largest absolute Gasteiger partial charge is 0.272 e. The van der Waals surface area contributed by atoms with Crippen molar-refractivity contribution < 1.29 is 9.59 Å². The fourth-order valence-corrected chi connectivity index (χ4v) is 4.02. The lowest BCUT2D eigenvalue weighted by molar-refractivity contribution is -0.140. The molecule has 2 amide bonds. The number of fused-ring (bicyclic) bond motifs is 5. The average Bonchev–Trinajstić information content (AvgIpc) is 3.16. The molecule has 0 unspecified atom stereocenters. The number of imide groups is 1. The minimum absolute atomic E-state index is 0.191. The molecule has 4 nitrogen and oxygen atoms in total. The van der Waals surface area contributed by atoms with Crippen LogP contribution in [0.15, 0.2) is 35.5 Å². The van der Waals surface area contributed by atoms with E-state index in [0.717, 1.165) is 11.4 Å². The van der Waals surface area contributed by atoms with Crippen LogP contribution >= 0.6 is 23.2 Å². The summed E-state index contributed by atoms with van der Waals surface area (Å²) in [6.45, 7) is 0.